The van der Waals surface area contributed by atoms with Crippen LogP contribution in [0.1, 0.15) is 5.69 Å². The second-order valence-corrected chi connectivity index (χ2v) is 6.67. The highest BCUT2D eigenvalue weighted by atomic mass is 35.5. The minimum atomic E-state index is -4.07. The van der Waals surface area contributed by atoms with Gasteiger partial charge in [-0.05, 0) is 12.1 Å². The maximum atomic E-state index is 12.4. The molecule has 2 rings (SSSR count). The minimum absolute atomic E-state index is 0.0313. The summed E-state index contributed by atoms with van der Waals surface area (Å²) in [5.74, 6) is -0.474. The first-order valence-electron chi connectivity index (χ1n) is 5.89. The average Bonchev–Trinajstić information content (AvgIpc) is 2.54. The van der Waals surface area contributed by atoms with Crippen LogP contribution < -0.4 is 8.56 Å². The Morgan fingerprint density at radius 1 is 1.27 bits per heavy atom. The van der Waals surface area contributed by atoms with E-state index in [4.69, 9.17) is 33.2 Å². The van der Waals surface area contributed by atoms with Crippen LogP contribution in [-0.2, 0) is 16.6 Å². The number of sulfonamides is 1. The monoisotopic (exact) mass is 363 g/mol. The number of aliphatic hydroxyl groups excluding tert-OH is 1. The molecule has 0 saturated carbocycles. The fourth-order valence-electron chi connectivity index (χ4n) is 1.57. The first kappa shape index (κ1) is 16.8. The van der Waals surface area contributed by atoms with Crippen LogP contribution in [0.5, 0.6) is 5.88 Å². The van der Waals surface area contributed by atoms with Crippen LogP contribution >= 0.6 is 23.4 Å². The molecule has 1 aromatic heterocycles. The first-order valence-corrected chi connectivity index (χ1v) is 8.05. The summed E-state index contributed by atoms with van der Waals surface area (Å²) < 4.78 is 30.3. The molecule has 1 N–H and O–H groups in total. The topological polar surface area (TPSA) is 92.6 Å². The smallest absolute Gasteiger partial charge is 0.279 e. The number of hydrogen-bond acceptors (Lipinski definition) is 6. The summed E-state index contributed by atoms with van der Waals surface area (Å²) in [6.45, 7) is -0.476. The Morgan fingerprint density at radius 2 is 1.91 bits per heavy atom. The van der Waals surface area contributed by atoms with Gasteiger partial charge in [-0.15, -0.1) is 0 Å². The molecule has 0 bridgehead atoms. The van der Waals surface area contributed by atoms with Gasteiger partial charge in [-0.1, -0.05) is 29.8 Å². The molecule has 0 unspecified atom stereocenters. The van der Waals surface area contributed by atoms with Crippen LogP contribution in [0, 0.1) is 0 Å². The number of nitrogens with zero attached hydrogens (tertiary/aromatic N) is 3. The molecular weight excluding hydrogens is 353 g/mol. The van der Waals surface area contributed by atoms with Crippen LogP contribution in [0.2, 0.25) is 5.15 Å². The Labute approximate surface area is 137 Å². The van der Waals surface area contributed by atoms with E-state index < -0.39 is 16.6 Å². The van der Waals surface area contributed by atoms with Gasteiger partial charge in [0, 0.05) is 11.8 Å². The lowest BCUT2D eigenvalue weighted by atomic mass is 10.4. The lowest BCUT2D eigenvalue weighted by molar-refractivity contribution is 0.273. The molecule has 118 valence electrons. The molecule has 0 fully saturated rings. The molecule has 10 heteroatoms. The first-order chi connectivity index (χ1) is 10.4. The van der Waals surface area contributed by atoms with Gasteiger partial charge in [0.05, 0.1) is 18.6 Å². The van der Waals surface area contributed by atoms with E-state index in [0.29, 0.717) is 3.82 Å². The van der Waals surface area contributed by atoms with E-state index in [-0.39, 0.29) is 27.4 Å². The maximum absolute atomic E-state index is 12.4. The van der Waals surface area contributed by atoms with E-state index in [0.717, 1.165) is 0 Å². The number of aliphatic hydroxyl groups is 1. The van der Waals surface area contributed by atoms with Crippen LogP contribution in [-0.4, -0.2) is 30.6 Å². The number of ether oxygens (including phenoxy) is 1. The second kappa shape index (κ2) is 6.66. The number of halogens is 2. The van der Waals surface area contributed by atoms with Crippen LogP contribution in [0.25, 0.3) is 0 Å². The summed E-state index contributed by atoms with van der Waals surface area (Å²) >= 11 is 11.8. The highest BCUT2D eigenvalue weighted by Gasteiger charge is 2.29. The number of benzene rings is 1. The predicted octanol–water partition coefficient (Wildman–Crippen LogP) is 1.98. The molecule has 0 aliphatic carbocycles. The van der Waals surface area contributed by atoms with Gasteiger partial charge in [0.2, 0.25) is 5.82 Å². The number of anilines is 1. The van der Waals surface area contributed by atoms with Gasteiger partial charge in [0.15, 0.2) is 5.15 Å². The fourth-order valence-corrected chi connectivity index (χ4v) is 3.14. The van der Waals surface area contributed by atoms with Crippen molar-refractivity contribution in [3.05, 3.63) is 41.2 Å². The molecule has 1 aromatic carbocycles. The second-order valence-electron chi connectivity index (χ2n) is 3.99. The van der Waals surface area contributed by atoms with Crippen molar-refractivity contribution in [1.82, 2.24) is 9.97 Å². The van der Waals surface area contributed by atoms with Crippen LogP contribution in [0.3, 0.4) is 0 Å². The lowest BCUT2D eigenvalue weighted by Gasteiger charge is -2.17. The van der Waals surface area contributed by atoms with E-state index in [2.05, 4.69) is 9.97 Å². The van der Waals surface area contributed by atoms with E-state index >= 15 is 0 Å². The molecule has 0 aliphatic rings. The Kier molecular flexibility index (Phi) is 5.07. The Balaban J connectivity index is 2.54. The molecule has 22 heavy (non-hydrogen) atoms. The van der Waals surface area contributed by atoms with E-state index in [9.17, 15) is 8.42 Å². The van der Waals surface area contributed by atoms with Crippen molar-refractivity contribution in [2.45, 2.75) is 11.5 Å². The van der Waals surface area contributed by atoms with Gasteiger partial charge >= 0.3 is 0 Å². The summed E-state index contributed by atoms with van der Waals surface area (Å²) in [4.78, 5) is 7.69. The molecular formula is C12H11Cl2N3O4S. The van der Waals surface area contributed by atoms with E-state index in [1.165, 1.54) is 19.2 Å². The standard InChI is InChI=1S/C12H11Cl2N3O4S/c1-21-12-11(16-10(13)9(7-18)15-12)17(14)22(19,20)8-5-3-2-4-6-8/h2-6,18H,7H2,1H3. The third-order valence-electron chi connectivity index (χ3n) is 2.63. The molecule has 2 aromatic rings. The number of methoxy groups -OCH3 is 1. The Morgan fingerprint density at radius 3 is 2.45 bits per heavy atom. The zero-order chi connectivity index (χ0) is 16.3. The van der Waals surface area contributed by atoms with E-state index in [1.54, 1.807) is 18.2 Å². The molecule has 0 saturated heterocycles. The molecule has 0 radical (unpaired) electrons. The molecule has 0 atom stereocenters. The number of hydrogen-bond donors (Lipinski definition) is 1. The molecule has 0 amide bonds. The quantitative estimate of drug-likeness (QED) is 0.816. The highest BCUT2D eigenvalue weighted by molar-refractivity contribution is 7.94. The van der Waals surface area contributed by atoms with Crippen LogP contribution in [0.4, 0.5) is 5.82 Å². The average molecular weight is 364 g/mol. The highest BCUT2D eigenvalue weighted by Crippen LogP contribution is 2.32. The van der Waals surface area contributed by atoms with Crippen molar-refractivity contribution in [2.75, 3.05) is 10.9 Å². The summed E-state index contributed by atoms with van der Waals surface area (Å²) in [6, 6.07) is 7.55. The zero-order valence-electron chi connectivity index (χ0n) is 11.3. The largest absolute Gasteiger partial charge is 0.478 e. The zero-order valence-corrected chi connectivity index (χ0v) is 13.6. The van der Waals surface area contributed by atoms with Gasteiger partial charge < -0.3 is 9.84 Å². The Hall–Kier alpha value is -1.61. The van der Waals surface area contributed by atoms with Crippen molar-refractivity contribution in [3.8, 4) is 5.88 Å². The van der Waals surface area contributed by atoms with Gasteiger partial charge in [-0.3, -0.25) is 0 Å². The normalized spacial score (nSPS) is 11.3. The minimum Gasteiger partial charge on any atom is -0.478 e. The summed E-state index contributed by atoms with van der Waals surface area (Å²) in [5.41, 5.74) is 0.0458. The van der Waals surface area contributed by atoms with Crippen molar-refractivity contribution < 1.29 is 18.3 Å². The summed E-state index contributed by atoms with van der Waals surface area (Å²) in [7, 11) is -2.80. The fraction of sp³-hybridized carbons (Fsp3) is 0.167. The SMILES string of the molecule is COc1nc(CO)c(Cl)nc1N(Cl)S(=O)(=O)c1ccccc1. The third kappa shape index (κ3) is 3.09. The van der Waals surface area contributed by atoms with E-state index in [1.807, 2.05) is 0 Å². The van der Waals surface area contributed by atoms with Gasteiger partial charge in [-0.2, -0.15) is 12.2 Å². The maximum Gasteiger partial charge on any atom is 0.279 e. The Bertz CT molecular complexity index is 771. The lowest BCUT2D eigenvalue weighted by Crippen LogP contribution is -2.23. The van der Waals surface area contributed by atoms with Crippen molar-refractivity contribution in [3.63, 3.8) is 0 Å². The van der Waals surface area contributed by atoms with Gasteiger partial charge in [0.1, 0.15) is 5.69 Å². The molecule has 1 heterocycles. The summed E-state index contributed by atoms with van der Waals surface area (Å²) in [6.07, 6.45) is 0. The number of rotatable bonds is 5. The third-order valence-corrected chi connectivity index (χ3v) is 5.10. The summed E-state index contributed by atoms with van der Waals surface area (Å²) in [5, 5.41) is 8.92. The van der Waals surface area contributed by atoms with Gasteiger partial charge in [-0.25, -0.2) is 9.97 Å². The van der Waals surface area contributed by atoms with Gasteiger partial charge in [0.25, 0.3) is 15.9 Å². The molecule has 0 aliphatic heterocycles. The van der Waals surface area contributed by atoms with Crippen molar-refractivity contribution >= 4 is 39.2 Å². The number of aromatic nitrogens is 2. The molecule has 0 spiro atoms. The van der Waals surface area contributed by atoms with Crippen LogP contribution in [0.15, 0.2) is 35.2 Å². The van der Waals surface area contributed by atoms with Crippen molar-refractivity contribution in [2.24, 2.45) is 0 Å². The predicted molar refractivity (Wildman–Crippen MR) is 81.5 cm³/mol. The molecule has 7 nitrogen and oxygen atoms in total. The van der Waals surface area contributed by atoms with Crippen molar-refractivity contribution in [1.29, 1.82) is 0 Å².